The lowest BCUT2D eigenvalue weighted by atomic mass is 9.87. The van der Waals surface area contributed by atoms with Gasteiger partial charge in [0.15, 0.2) is 5.69 Å². The Bertz CT molecular complexity index is 504. The molecule has 122 valence electrons. The van der Waals surface area contributed by atoms with Gasteiger partial charge in [0.05, 0.1) is 5.56 Å². The normalized spacial score (nSPS) is 12.9. The quantitative estimate of drug-likeness (QED) is 0.566. The van der Waals surface area contributed by atoms with E-state index in [9.17, 15) is 13.2 Å². The molecule has 0 bridgehead atoms. The summed E-state index contributed by atoms with van der Waals surface area (Å²) in [7, 11) is 0. The summed E-state index contributed by atoms with van der Waals surface area (Å²) in [6.07, 6.45) is 3.52. The van der Waals surface area contributed by atoms with Crippen LogP contribution >= 0.6 is 0 Å². The van der Waals surface area contributed by atoms with Crippen LogP contribution in [0.2, 0.25) is 0 Å². The molecule has 0 aliphatic heterocycles. The Balaban J connectivity index is 2.95. The Labute approximate surface area is 130 Å². The van der Waals surface area contributed by atoms with Gasteiger partial charge in [0.1, 0.15) is 6.07 Å². The highest BCUT2D eigenvalue weighted by molar-refractivity contribution is 5.41. The molecule has 0 fully saturated rings. The maximum atomic E-state index is 13.3. The second-order valence-electron chi connectivity index (χ2n) is 5.54. The molecule has 1 rings (SSSR count). The first-order valence-corrected chi connectivity index (χ1v) is 7.91. The summed E-state index contributed by atoms with van der Waals surface area (Å²) in [5.74, 6) is -0.173. The number of alkyl halides is 3. The van der Waals surface area contributed by atoms with Crippen LogP contribution in [0.5, 0.6) is 0 Å². The lowest BCUT2D eigenvalue weighted by Gasteiger charge is -2.21. The van der Waals surface area contributed by atoms with Gasteiger partial charge in [-0.25, -0.2) is 4.98 Å². The zero-order valence-electron chi connectivity index (χ0n) is 13.2. The van der Waals surface area contributed by atoms with E-state index in [2.05, 4.69) is 11.9 Å². The first kappa shape index (κ1) is 18.5. The van der Waals surface area contributed by atoms with Crippen LogP contribution in [0.1, 0.15) is 81.5 Å². The SMILES string of the molecule is CCCCCCCC(CC)c1ccnc(C#N)c1C(F)(F)F. The molecule has 0 spiro atoms. The van der Waals surface area contributed by atoms with E-state index in [4.69, 9.17) is 5.26 Å². The standard InChI is InChI=1S/C17H23F3N2/c1-3-5-6-7-8-9-13(4-2)14-10-11-22-15(12-21)16(14)17(18,19)20/h10-11,13H,3-9H2,1-2H3. The third-order valence-corrected chi connectivity index (χ3v) is 3.96. The van der Waals surface area contributed by atoms with Crippen LogP contribution in [-0.2, 0) is 6.18 Å². The molecule has 1 unspecified atom stereocenters. The average molecular weight is 312 g/mol. The molecule has 0 N–H and O–H groups in total. The monoisotopic (exact) mass is 312 g/mol. The van der Waals surface area contributed by atoms with Gasteiger partial charge in [0.25, 0.3) is 0 Å². The summed E-state index contributed by atoms with van der Waals surface area (Å²) < 4.78 is 39.9. The first-order valence-electron chi connectivity index (χ1n) is 7.91. The van der Waals surface area contributed by atoms with Crippen molar-refractivity contribution in [1.82, 2.24) is 4.98 Å². The predicted octanol–water partition coefficient (Wildman–Crippen LogP) is 5.83. The van der Waals surface area contributed by atoms with Crippen molar-refractivity contribution in [3.63, 3.8) is 0 Å². The summed E-state index contributed by atoms with van der Waals surface area (Å²) in [4.78, 5) is 3.58. The minimum atomic E-state index is -4.54. The van der Waals surface area contributed by atoms with Crippen LogP contribution in [0.3, 0.4) is 0 Å². The van der Waals surface area contributed by atoms with E-state index in [1.54, 1.807) is 6.07 Å². The van der Waals surface area contributed by atoms with Crippen LogP contribution in [-0.4, -0.2) is 4.98 Å². The molecule has 0 aliphatic rings. The van der Waals surface area contributed by atoms with Gasteiger partial charge in [-0.15, -0.1) is 0 Å². The Morgan fingerprint density at radius 1 is 1.18 bits per heavy atom. The van der Waals surface area contributed by atoms with E-state index in [0.717, 1.165) is 32.1 Å². The maximum absolute atomic E-state index is 13.3. The Morgan fingerprint density at radius 3 is 2.41 bits per heavy atom. The molecule has 0 saturated heterocycles. The number of pyridine rings is 1. The van der Waals surface area contributed by atoms with Crippen LogP contribution < -0.4 is 0 Å². The van der Waals surface area contributed by atoms with Crippen molar-refractivity contribution in [1.29, 1.82) is 5.26 Å². The third kappa shape index (κ3) is 5.01. The first-order chi connectivity index (χ1) is 10.5. The zero-order valence-corrected chi connectivity index (χ0v) is 13.2. The summed E-state index contributed by atoms with van der Waals surface area (Å²) in [5, 5.41) is 8.92. The molecule has 1 atom stereocenters. The lowest BCUT2D eigenvalue weighted by Crippen LogP contribution is -2.15. The van der Waals surface area contributed by atoms with Gasteiger partial charge in [-0.1, -0.05) is 46.0 Å². The number of halogens is 3. The van der Waals surface area contributed by atoms with E-state index in [0.29, 0.717) is 6.42 Å². The van der Waals surface area contributed by atoms with Crippen molar-refractivity contribution in [3.05, 3.63) is 29.1 Å². The molecule has 22 heavy (non-hydrogen) atoms. The second kappa shape index (κ2) is 8.77. The van der Waals surface area contributed by atoms with Crippen LogP contribution in [0.4, 0.5) is 13.2 Å². The summed E-state index contributed by atoms with van der Waals surface area (Å²) >= 11 is 0. The lowest BCUT2D eigenvalue weighted by molar-refractivity contribution is -0.138. The smallest absolute Gasteiger partial charge is 0.245 e. The zero-order chi connectivity index (χ0) is 16.6. The van der Waals surface area contributed by atoms with E-state index in [1.165, 1.54) is 18.7 Å². The Hall–Kier alpha value is -1.57. The summed E-state index contributed by atoms with van der Waals surface area (Å²) in [6, 6.07) is 2.99. The molecule has 0 saturated carbocycles. The highest BCUT2D eigenvalue weighted by Gasteiger charge is 2.38. The van der Waals surface area contributed by atoms with Crippen molar-refractivity contribution in [3.8, 4) is 6.07 Å². The number of aromatic nitrogens is 1. The van der Waals surface area contributed by atoms with Crippen LogP contribution in [0, 0.1) is 11.3 Å². The Morgan fingerprint density at radius 2 is 1.86 bits per heavy atom. The van der Waals surface area contributed by atoms with E-state index in [-0.39, 0.29) is 11.5 Å². The highest BCUT2D eigenvalue weighted by Crippen LogP contribution is 2.39. The number of unbranched alkanes of at least 4 members (excludes halogenated alkanes) is 4. The van der Waals surface area contributed by atoms with Crippen molar-refractivity contribution < 1.29 is 13.2 Å². The molecule has 2 nitrogen and oxygen atoms in total. The summed E-state index contributed by atoms with van der Waals surface area (Å²) in [6.45, 7) is 4.02. The maximum Gasteiger partial charge on any atom is 0.419 e. The van der Waals surface area contributed by atoms with Gasteiger partial charge < -0.3 is 0 Å². The minimum absolute atomic E-state index is 0.173. The highest BCUT2D eigenvalue weighted by atomic mass is 19.4. The molecule has 1 aromatic heterocycles. The second-order valence-corrected chi connectivity index (χ2v) is 5.54. The number of hydrogen-bond donors (Lipinski definition) is 0. The molecular weight excluding hydrogens is 289 g/mol. The predicted molar refractivity (Wildman–Crippen MR) is 80.4 cm³/mol. The number of rotatable bonds is 8. The van der Waals surface area contributed by atoms with Gasteiger partial charge in [-0.3, -0.25) is 0 Å². The topological polar surface area (TPSA) is 36.7 Å². The van der Waals surface area contributed by atoms with Gasteiger partial charge in [-0.05, 0) is 30.4 Å². The fourth-order valence-corrected chi connectivity index (χ4v) is 2.77. The van der Waals surface area contributed by atoms with Gasteiger partial charge >= 0.3 is 6.18 Å². The van der Waals surface area contributed by atoms with E-state index in [1.807, 2.05) is 6.92 Å². The van der Waals surface area contributed by atoms with Gasteiger partial charge in [0.2, 0.25) is 0 Å². The summed E-state index contributed by atoms with van der Waals surface area (Å²) in [5.41, 5.74) is -1.15. The molecule has 1 aromatic rings. The van der Waals surface area contributed by atoms with Crippen molar-refractivity contribution in [2.24, 2.45) is 0 Å². The fraction of sp³-hybridized carbons (Fsp3) is 0.647. The van der Waals surface area contributed by atoms with Crippen molar-refractivity contribution >= 4 is 0 Å². The van der Waals surface area contributed by atoms with E-state index < -0.39 is 17.4 Å². The fourth-order valence-electron chi connectivity index (χ4n) is 2.77. The molecule has 1 heterocycles. The van der Waals surface area contributed by atoms with Crippen molar-refractivity contribution in [2.45, 2.75) is 70.9 Å². The molecular formula is C17H23F3N2. The van der Waals surface area contributed by atoms with E-state index >= 15 is 0 Å². The molecule has 0 aliphatic carbocycles. The van der Waals surface area contributed by atoms with Gasteiger partial charge in [0, 0.05) is 6.20 Å². The van der Waals surface area contributed by atoms with Crippen molar-refractivity contribution in [2.75, 3.05) is 0 Å². The average Bonchev–Trinajstić information content (AvgIpc) is 2.49. The number of nitriles is 1. The van der Waals surface area contributed by atoms with Crippen LogP contribution in [0.15, 0.2) is 12.3 Å². The van der Waals surface area contributed by atoms with Gasteiger partial charge in [-0.2, -0.15) is 18.4 Å². The molecule has 0 radical (unpaired) electrons. The molecule has 5 heteroatoms. The van der Waals surface area contributed by atoms with Crippen LogP contribution in [0.25, 0.3) is 0 Å². The Kier molecular flexibility index (Phi) is 7.37. The third-order valence-electron chi connectivity index (χ3n) is 3.96. The number of nitrogens with zero attached hydrogens (tertiary/aromatic N) is 2. The molecule has 0 aromatic carbocycles. The number of hydrogen-bond acceptors (Lipinski definition) is 2. The largest absolute Gasteiger partial charge is 0.419 e. The molecule has 0 amide bonds. The minimum Gasteiger partial charge on any atom is -0.245 e.